The van der Waals surface area contributed by atoms with Crippen LogP contribution in [0.1, 0.15) is 19.4 Å². The first-order chi connectivity index (χ1) is 11.5. The van der Waals surface area contributed by atoms with Crippen LogP contribution in [0.4, 0.5) is 4.79 Å². The van der Waals surface area contributed by atoms with Crippen molar-refractivity contribution in [3.8, 4) is 5.75 Å². The van der Waals surface area contributed by atoms with Gasteiger partial charge in [0.05, 0.1) is 20.3 Å². The largest absolute Gasteiger partial charge is 0.497 e. The monoisotopic (exact) mass is 335 g/mol. The maximum absolute atomic E-state index is 12.0. The van der Waals surface area contributed by atoms with Gasteiger partial charge in [0, 0.05) is 38.1 Å². The summed E-state index contributed by atoms with van der Waals surface area (Å²) >= 11 is 0. The number of hydrogen-bond donors (Lipinski definition) is 2. The maximum atomic E-state index is 12.0. The lowest BCUT2D eigenvalue weighted by atomic mass is 9.84. The Labute approximate surface area is 144 Å². The van der Waals surface area contributed by atoms with Crippen molar-refractivity contribution in [2.45, 2.75) is 19.3 Å². The number of nitrogens with zero attached hydrogens (tertiary/aromatic N) is 1. The molecule has 6 nitrogen and oxygen atoms in total. The van der Waals surface area contributed by atoms with Crippen molar-refractivity contribution < 1.29 is 14.3 Å². The Morgan fingerprint density at radius 2 is 1.88 bits per heavy atom. The second kappa shape index (κ2) is 8.89. The summed E-state index contributed by atoms with van der Waals surface area (Å²) in [4.78, 5) is 14.3. The zero-order chi connectivity index (χ0) is 17.4. The third-order valence-corrected chi connectivity index (χ3v) is 4.38. The molecule has 1 heterocycles. The topological polar surface area (TPSA) is 62.8 Å². The van der Waals surface area contributed by atoms with Crippen molar-refractivity contribution in [3.63, 3.8) is 0 Å². The summed E-state index contributed by atoms with van der Waals surface area (Å²) in [5.74, 6) is 0.836. The van der Waals surface area contributed by atoms with E-state index in [0.717, 1.165) is 44.2 Å². The molecule has 6 heteroatoms. The maximum Gasteiger partial charge on any atom is 0.314 e. The Morgan fingerprint density at radius 3 is 2.50 bits per heavy atom. The smallest absolute Gasteiger partial charge is 0.314 e. The average molecular weight is 335 g/mol. The van der Waals surface area contributed by atoms with Gasteiger partial charge in [-0.1, -0.05) is 26.0 Å². The standard InChI is InChI=1S/C18H29N3O3/c1-18(2,15-4-6-16(23-3)7-5-15)14-20-17(22)19-8-9-21-10-12-24-13-11-21/h4-7H,8-14H2,1-3H3,(H2,19,20,22). The number of benzene rings is 1. The Bertz CT molecular complexity index is 511. The minimum atomic E-state index is -0.145. The Kier molecular flexibility index (Phi) is 6.87. The second-order valence-electron chi connectivity index (χ2n) is 6.68. The number of carbonyl (C=O) groups excluding carboxylic acids is 1. The van der Waals surface area contributed by atoms with E-state index in [4.69, 9.17) is 9.47 Å². The molecule has 2 amide bonds. The zero-order valence-corrected chi connectivity index (χ0v) is 14.9. The molecule has 0 radical (unpaired) electrons. The van der Waals surface area contributed by atoms with Crippen molar-refractivity contribution in [3.05, 3.63) is 29.8 Å². The zero-order valence-electron chi connectivity index (χ0n) is 14.9. The number of hydrogen-bond acceptors (Lipinski definition) is 4. The lowest BCUT2D eigenvalue weighted by Gasteiger charge is -2.27. The van der Waals surface area contributed by atoms with Gasteiger partial charge in [0.2, 0.25) is 0 Å². The highest BCUT2D eigenvalue weighted by Gasteiger charge is 2.21. The molecule has 0 spiro atoms. The molecule has 2 rings (SSSR count). The number of methoxy groups -OCH3 is 1. The summed E-state index contributed by atoms with van der Waals surface area (Å²) < 4.78 is 10.5. The number of morpholine rings is 1. The summed E-state index contributed by atoms with van der Waals surface area (Å²) in [6, 6.07) is 7.84. The van der Waals surface area contributed by atoms with Crippen molar-refractivity contribution in [1.29, 1.82) is 0 Å². The molecule has 1 fully saturated rings. The predicted molar refractivity (Wildman–Crippen MR) is 94.7 cm³/mol. The highest BCUT2D eigenvalue weighted by atomic mass is 16.5. The third-order valence-electron chi connectivity index (χ3n) is 4.38. The van der Waals surface area contributed by atoms with Crippen LogP contribution in [0.5, 0.6) is 5.75 Å². The quantitative estimate of drug-likeness (QED) is 0.795. The number of nitrogens with one attached hydrogen (secondary N) is 2. The van der Waals surface area contributed by atoms with Gasteiger partial charge < -0.3 is 20.1 Å². The van der Waals surface area contributed by atoms with Crippen LogP contribution in [0.2, 0.25) is 0 Å². The van der Waals surface area contributed by atoms with Gasteiger partial charge in [0.15, 0.2) is 0 Å². The van der Waals surface area contributed by atoms with Crippen LogP contribution in [0.25, 0.3) is 0 Å². The Morgan fingerprint density at radius 1 is 1.21 bits per heavy atom. The van der Waals surface area contributed by atoms with Crippen molar-refractivity contribution >= 4 is 6.03 Å². The number of urea groups is 1. The first-order valence-corrected chi connectivity index (χ1v) is 8.47. The Hall–Kier alpha value is -1.79. The number of amides is 2. The van der Waals surface area contributed by atoms with Crippen molar-refractivity contribution in [2.24, 2.45) is 0 Å². The summed E-state index contributed by atoms with van der Waals surface area (Å²) in [6.45, 7) is 9.74. The fraction of sp³-hybridized carbons (Fsp3) is 0.611. The summed E-state index contributed by atoms with van der Waals surface area (Å²) in [6.07, 6.45) is 0. The minimum Gasteiger partial charge on any atom is -0.497 e. The van der Waals surface area contributed by atoms with E-state index in [9.17, 15) is 4.79 Å². The van der Waals surface area contributed by atoms with Gasteiger partial charge >= 0.3 is 6.03 Å². The lowest BCUT2D eigenvalue weighted by molar-refractivity contribution is 0.0387. The number of ether oxygens (including phenoxy) is 2. The number of carbonyl (C=O) groups is 1. The Balaban J connectivity index is 1.70. The average Bonchev–Trinajstić information content (AvgIpc) is 2.61. The molecule has 0 aliphatic carbocycles. The van der Waals surface area contributed by atoms with Crippen LogP contribution in [-0.2, 0) is 10.2 Å². The fourth-order valence-corrected chi connectivity index (χ4v) is 2.66. The molecule has 1 aliphatic rings. The molecular weight excluding hydrogens is 306 g/mol. The first kappa shape index (κ1) is 18.5. The molecule has 134 valence electrons. The molecule has 2 N–H and O–H groups in total. The molecular formula is C18H29N3O3. The molecule has 0 saturated carbocycles. The first-order valence-electron chi connectivity index (χ1n) is 8.47. The summed E-state index contributed by atoms with van der Waals surface area (Å²) in [5, 5.41) is 5.88. The SMILES string of the molecule is COc1ccc(C(C)(C)CNC(=O)NCCN2CCOCC2)cc1. The van der Waals surface area contributed by atoms with Crippen LogP contribution in [0, 0.1) is 0 Å². The van der Waals surface area contributed by atoms with Crippen molar-refractivity contribution in [2.75, 3.05) is 53.0 Å². The van der Waals surface area contributed by atoms with Crippen LogP contribution in [-0.4, -0.2) is 64.0 Å². The van der Waals surface area contributed by atoms with Gasteiger partial charge in [-0.15, -0.1) is 0 Å². The van der Waals surface area contributed by atoms with E-state index in [2.05, 4.69) is 29.4 Å². The number of rotatable bonds is 7. The molecule has 1 saturated heterocycles. The molecule has 1 aromatic carbocycles. The summed E-state index contributed by atoms with van der Waals surface area (Å²) in [7, 11) is 1.66. The van der Waals surface area contributed by atoms with E-state index < -0.39 is 0 Å². The van der Waals surface area contributed by atoms with Crippen LogP contribution >= 0.6 is 0 Å². The van der Waals surface area contributed by atoms with Gasteiger partial charge in [-0.2, -0.15) is 0 Å². The molecule has 1 aromatic rings. The fourth-order valence-electron chi connectivity index (χ4n) is 2.66. The molecule has 0 unspecified atom stereocenters. The molecule has 0 aromatic heterocycles. The molecule has 1 aliphatic heterocycles. The van der Waals surface area contributed by atoms with E-state index in [-0.39, 0.29) is 11.4 Å². The highest BCUT2D eigenvalue weighted by Crippen LogP contribution is 2.24. The lowest BCUT2D eigenvalue weighted by Crippen LogP contribution is -2.46. The van der Waals surface area contributed by atoms with E-state index in [1.165, 1.54) is 0 Å². The van der Waals surface area contributed by atoms with E-state index in [1.54, 1.807) is 7.11 Å². The highest BCUT2D eigenvalue weighted by molar-refractivity contribution is 5.73. The van der Waals surface area contributed by atoms with Gasteiger partial charge in [0.1, 0.15) is 5.75 Å². The summed E-state index contributed by atoms with van der Waals surface area (Å²) in [5.41, 5.74) is 1.02. The minimum absolute atomic E-state index is 0.121. The van der Waals surface area contributed by atoms with E-state index in [1.807, 2.05) is 24.3 Å². The molecule has 0 bridgehead atoms. The third kappa shape index (κ3) is 5.69. The normalized spacial score (nSPS) is 15.8. The molecule has 0 atom stereocenters. The van der Waals surface area contributed by atoms with Crippen LogP contribution < -0.4 is 15.4 Å². The van der Waals surface area contributed by atoms with Gasteiger partial charge in [0.25, 0.3) is 0 Å². The second-order valence-corrected chi connectivity index (χ2v) is 6.68. The van der Waals surface area contributed by atoms with Gasteiger partial charge in [-0.3, -0.25) is 4.90 Å². The molecule has 24 heavy (non-hydrogen) atoms. The van der Waals surface area contributed by atoms with E-state index >= 15 is 0 Å². The van der Waals surface area contributed by atoms with Crippen molar-refractivity contribution in [1.82, 2.24) is 15.5 Å². The van der Waals surface area contributed by atoms with E-state index in [0.29, 0.717) is 13.1 Å². The van der Waals surface area contributed by atoms with Gasteiger partial charge in [-0.25, -0.2) is 4.79 Å². The van der Waals surface area contributed by atoms with Crippen LogP contribution in [0.15, 0.2) is 24.3 Å². The van der Waals surface area contributed by atoms with Gasteiger partial charge in [-0.05, 0) is 17.7 Å². The van der Waals surface area contributed by atoms with Crippen LogP contribution in [0.3, 0.4) is 0 Å². The predicted octanol–water partition coefficient (Wildman–Crippen LogP) is 1.60.